The van der Waals surface area contributed by atoms with Gasteiger partial charge in [-0.3, -0.25) is 0 Å². The first-order valence-corrected chi connectivity index (χ1v) is 10.7. The Kier molecular flexibility index (Phi) is 5.61. The lowest BCUT2D eigenvalue weighted by molar-refractivity contribution is 0.114. The minimum absolute atomic E-state index is 0.522. The van der Waals surface area contributed by atoms with Crippen molar-refractivity contribution in [2.75, 3.05) is 0 Å². The molecule has 2 heteroatoms. The molecule has 0 aliphatic heterocycles. The zero-order valence-electron chi connectivity index (χ0n) is 16.3. The quantitative estimate of drug-likeness (QED) is 0.518. The Morgan fingerprint density at radius 1 is 0.778 bits per heavy atom. The van der Waals surface area contributed by atoms with E-state index in [1.54, 1.807) is 0 Å². The number of fused-ring (bicyclic) bond motifs is 1. The third kappa shape index (κ3) is 4.25. The average molecular weight is 369 g/mol. The summed E-state index contributed by atoms with van der Waals surface area (Å²) in [5, 5.41) is 0. The molecule has 4 unspecified atom stereocenters. The van der Waals surface area contributed by atoms with E-state index >= 15 is 0 Å². The third-order valence-corrected chi connectivity index (χ3v) is 7.00. The van der Waals surface area contributed by atoms with Gasteiger partial charge >= 0.3 is 0 Å². The van der Waals surface area contributed by atoms with Gasteiger partial charge < -0.3 is 0 Å². The molecule has 0 radical (unpaired) electrons. The van der Waals surface area contributed by atoms with Gasteiger partial charge in [0.1, 0.15) is 11.6 Å². The van der Waals surface area contributed by atoms with Crippen LogP contribution in [0.3, 0.4) is 0 Å². The van der Waals surface area contributed by atoms with Gasteiger partial charge in [-0.25, -0.2) is 8.78 Å². The van der Waals surface area contributed by atoms with Crippen molar-refractivity contribution < 1.29 is 8.78 Å². The molecule has 2 aromatic rings. The predicted molar refractivity (Wildman–Crippen MR) is 108 cm³/mol. The zero-order valence-corrected chi connectivity index (χ0v) is 16.3. The molecule has 2 aliphatic rings. The SMILES string of the molecule is CCCC1CCC2CC(c3ccc(-c4cc(F)cc(F)c4)cc3)CCC2C1. The summed E-state index contributed by atoms with van der Waals surface area (Å²) < 4.78 is 27.0. The summed E-state index contributed by atoms with van der Waals surface area (Å²) in [6.45, 7) is 2.31. The van der Waals surface area contributed by atoms with E-state index in [9.17, 15) is 8.78 Å². The molecule has 4 rings (SSSR count). The van der Waals surface area contributed by atoms with Crippen LogP contribution in [0.5, 0.6) is 0 Å². The Bertz CT molecular complexity index is 744. The zero-order chi connectivity index (χ0) is 18.8. The first kappa shape index (κ1) is 18.7. The van der Waals surface area contributed by atoms with Crippen LogP contribution in [-0.2, 0) is 0 Å². The highest BCUT2D eigenvalue weighted by atomic mass is 19.1. The van der Waals surface area contributed by atoms with Crippen LogP contribution in [0.4, 0.5) is 8.78 Å². The Morgan fingerprint density at radius 2 is 1.44 bits per heavy atom. The highest BCUT2D eigenvalue weighted by Gasteiger charge is 2.35. The van der Waals surface area contributed by atoms with Crippen LogP contribution in [0, 0.1) is 29.4 Å². The van der Waals surface area contributed by atoms with E-state index in [1.165, 1.54) is 69.1 Å². The van der Waals surface area contributed by atoms with Gasteiger partial charge in [-0.05, 0) is 84.6 Å². The molecule has 0 saturated heterocycles. The Morgan fingerprint density at radius 3 is 2.15 bits per heavy atom. The molecule has 0 N–H and O–H groups in total. The van der Waals surface area contributed by atoms with Crippen molar-refractivity contribution in [2.45, 2.75) is 64.2 Å². The predicted octanol–water partition coefficient (Wildman–Crippen LogP) is 7.73. The van der Waals surface area contributed by atoms with Crippen molar-refractivity contribution in [1.82, 2.24) is 0 Å². The van der Waals surface area contributed by atoms with E-state index in [0.29, 0.717) is 11.5 Å². The van der Waals surface area contributed by atoms with Crippen LogP contribution in [0.1, 0.15) is 69.8 Å². The second-order valence-corrected chi connectivity index (χ2v) is 8.78. The molecule has 2 aliphatic carbocycles. The lowest BCUT2D eigenvalue weighted by atomic mass is 9.63. The fourth-order valence-electron chi connectivity index (χ4n) is 5.63. The number of hydrogen-bond donors (Lipinski definition) is 0. The lowest BCUT2D eigenvalue weighted by Crippen LogP contribution is -2.30. The minimum atomic E-state index is -0.522. The maximum absolute atomic E-state index is 13.5. The van der Waals surface area contributed by atoms with Crippen molar-refractivity contribution in [3.05, 3.63) is 59.7 Å². The molecule has 0 heterocycles. The van der Waals surface area contributed by atoms with Gasteiger partial charge in [-0.15, -0.1) is 0 Å². The average Bonchev–Trinajstić information content (AvgIpc) is 2.67. The van der Waals surface area contributed by atoms with Gasteiger partial charge in [0.15, 0.2) is 0 Å². The fourth-order valence-corrected chi connectivity index (χ4v) is 5.63. The van der Waals surface area contributed by atoms with Crippen LogP contribution >= 0.6 is 0 Å². The summed E-state index contributed by atoms with van der Waals surface area (Å²) in [6.07, 6.45) is 11.0. The normalized spacial score (nSPS) is 28.0. The van der Waals surface area contributed by atoms with E-state index in [-0.39, 0.29) is 0 Å². The molecule has 0 nitrogen and oxygen atoms in total. The number of benzene rings is 2. The van der Waals surface area contributed by atoms with Gasteiger partial charge in [0.05, 0.1) is 0 Å². The molecule has 27 heavy (non-hydrogen) atoms. The minimum Gasteiger partial charge on any atom is -0.207 e. The Balaban J connectivity index is 1.43. The van der Waals surface area contributed by atoms with Crippen LogP contribution in [0.25, 0.3) is 11.1 Å². The molecule has 144 valence electrons. The van der Waals surface area contributed by atoms with Gasteiger partial charge in [0, 0.05) is 6.07 Å². The highest BCUT2D eigenvalue weighted by Crippen LogP contribution is 2.48. The lowest BCUT2D eigenvalue weighted by Gasteiger charge is -2.42. The third-order valence-electron chi connectivity index (χ3n) is 7.00. The maximum atomic E-state index is 13.5. The molecule has 0 spiro atoms. The molecule has 0 aromatic heterocycles. The second kappa shape index (κ2) is 8.12. The van der Waals surface area contributed by atoms with Crippen molar-refractivity contribution in [1.29, 1.82) is 0 Å². The Hall–Kier alpha value is -1.70. The molecule has 0 bridgehead atoms. The maximum Gasteiger partial charge on any atom is 0.126 e. The molecular formula is C25H30F2. The second-order valence-electron chi connectivity index (χ2n) is 8.78. The van der Waals surface area contributed by atoms with Crippen LogP contribution in [0.2, 0.25) is 0 Å². The van der Waals surface area contributed by atoms with Crippen LogP contribution in [-0.4, -0.2) is 0 Å². The monoisotopic (exact) mass is 368 g/mol. The molecule has 4 atom stereocenters. The fraction of sp³-hybridized carbons (Fsp3) is 0.520. The van der Waals surface area contributed by atoms with Gasteiger partial charge in [-0.1, -0.05) is 50.5 Å². The van der Waals surface area contributed by atoms with Crippen LogP contribution < -0.4 is 0 Å². The molecule has 0 amide bonds. The van der Waals surface area contributed by atoms with Gasteiger partial charge in [0.2, 0.25) is 0 Å². The number of hydrogen-bond acceptors (Lipinski definition) is 0. The molecule has 2 aromatic carbocycles. The van der Waals surface area contributed by atoms with Gasteiger partial charge in [0.25, 0.3) is 0 Å². The van der Waals surface area contributed by atoms with E-state index in [1.807, 2.05) is 12.1 Å². The van der Waals surface area contributed by atoms with E-state index in [4.69, 9.17) is 0 Å². The van der Waals surface area contributed by atoms with Crippen LogP contribution in [0.15, 0.2) is 42.5 Å². The summed E-state index contributed by atoms with van der Waals surface area (Å²) in [7, 11) is 0. The summed E-state index contributed by atoms with van der Waals surface area (Å²) in [6, 6.07) is 12.1. The highest BCUT2D eigenvalue weighted by molar-refractivity contribution is 5.63. The number of rotatable bonds is 4. The van der Waals surface area contributed by atoms with Gasteiger partial charge in [-0.2, -0.15) is 0 Å². The summed E-state index contributed by atoms with van der Waals surface area (Å²) >= 11 is 0. The molecule has 2 saturated carbocycles. The first-order chi connectivity index (χ1) is 13.1. The smallest absolute Gasteiger partial charge is 0.126 e. The van der Waals surface area contributed by atoms with Crippen molar-refractivity contribution >= 4 is 0 Å². The topological polar surface area (TPSA) is 0 Å². The van der Waals surface area contributed by atoms with Crippen molar-refractivity contribution in [2.24, 2.45) is 17.8 Å². The van der Waals surface area contributed by atoms with E-state index in [2.05, 4.69) is 19.1 Å². The standard InChI is InChI=1S/C25H30F2/c1-2-3-17-4-5-22-13-21(11-10-20(22)12-17)18-6-8-19(9-7-18)23-14-24(26)16-25(27)15-23/h6-9,14-17,20-22H,2-5,10-13H2,1H3. The number of halogens is 2. The molecule has 2 fully saturated rings. The largest absolute Gasteiger partial charge is 0.207 e. The van der Waals surface area contributed by atoms with Crippen molar-refractivity contribution in [3.63, 3.8) is 0 Å². The van der Waals surface area contributed by atoms with E-state index < -0.39 is 11.6 Å². The summed E-state index contributed by atoms with van der Waals surface area (Å²) in [5.74, 6) is 2.41. The van der Waals surface area contributed by atoms with E-state index in [0.717, 1.165) is 29.4 Å². The molecular weight excluding hydrogens is 338 g/mol. The van der Waals surface area contributed by atoms with Crippen molar-refractivity contribution in [3.8, 4) is 11.1 Å². The first-order valence-electron chi connectivity index (χ1n) is 10.7. The summed E-state index contributed by atoms with van der Waals surface area (Å²) in [4.78, 5) is 0. The summed E-state index contributed by atoms with van der Waals surface area (Å²) in [5.41, 5.74) is 2.88. The Labute approximate surface area is 162 Å².